The highest BCUT2D eigenvalue weighted by Gasteiger charge is 2.60. The Labute approximate surface area is 148 Å². The van der Waals surface area contributed by atoms with Gasteiger partial charge in [-0.3, -0.25) is 9.59 Å². The number of para-hydroxylation sites is 1. The Kier molecular flexibility index (Phi) is 3.97. The number of hydrogen-bond donors (Lipinski definition) is 1. The third-order valence-electron chi connectivity index (χ3n) is 6.23. The van der Waals surface area contributed by atoms with E-state index in [1.807, 2.05) is 38.1 Å². The molecule has 1 aromatic rings. The molecule has 0 radical (unpaired) electrons. The van der Waals surface area contributed by atoms with Gasteiger partial charge < -0.3 is 15.0 Å². The fourth-order valence-corrected chi connectivity index (χ4v) is 5.07. The summed E-state index contributed by atoms with van der Waals surface area (Å²) in [6, 6.07) is 7.92. The molecular weight excluding hydrogens is 316 g/mol. The second kappa shape index (κ2) is 6.04. The van der Waals surface area contributed by atoms with Crippen LogP contribution in [0.3, 0.4) is 0 Å². The van der Waals surface area contributed by atoms with E-state index in [0.717, 1.165) is 37.0 Å². The van der Waals surface area contributed by atoms with E-state index < -0.39 is 11.6 Å². The average Bonchev–Trinajstić information content (AvgIpc) is 2.61. The van der Waals surface area contributed by atoms with Crippen LogP contribution in [0.2, 0.25) is 0 Å². The maximum absolute atomic E-state index is 13.2. The number of carbonyl (C=O) groups is 2. The molecule has 5 nitrogen and oxygen atoms in total. The smallest absolute Gasteiger partial charge is 0.236 e. The molecule has 1 aliphatic carbocycles. The van der Waals surface area contributed by atoms with Crippen LogP contribution in [0.5, 0.6) is 5.75 Å². The standard InChI is InChI=1S/C20H26N2O3/c1-3-22(4-2)19(24)17-16-13-9-5-6-11-15(13)25-20(21-18(17)23)12-8-7-10-14(16)20/h5-6,9,11,14,16-17H,3-4,7-8,10,12H2,1-2H3,(H,21,23)/t14-,16+,17-,20+/m1/s1. The predicted octanol–water partition coefficient (Wildman–Crippen LogP) is 2.66. The number of fused-ring (bicyclic) bond motifs is 2. The van der Waals surface area contributed by atoms with Gasteiger partial charge in [0.1, 0.15) is 11.7 Å². The molecule has 2 bridgehead atoms. The largest absolute Gasteiger partial charge is 0.467 e. The summed E-state index contributed by atoms with van der Waals surface area (Å²) in [6.45, 7) is 5.18. The molecule has 2 amide bonds. The molecule has 0 aromatic heterocycles. The van der Waals surface area contributed by atoms with Crippen molar-refractivity contribution in [2.45, 2.75) is 51.2 Å². The SMILES string of the molecule is CCN(CC)C(=O)[C@H]1C(=O)N[C@]23CCCC[C@@H]2[C@@H]1c1ccccc1O3. The second-order valence-electron chi connectivity index (χ2n) is 7.38. The number of rotatable bonds is 3. The van der Waals surface area contributed by atoms with Gasteiger partial charge in [-0.1, -0.05) is 24.6 Å². The Bertz CT molecular complexity index is 700. The van der Waals surface area contributed by atoms with Crippen LogP contribution < -0.4 is 10.1 Å². The van der Waals surface area contributed by atoms with E-state index in [1.54, 1.807) is 4.90 Å². The number of piperidine rings is 1. The Morgan fingerprint density at radius 2 is 2.04 bits per heavy atom. The highest BCUT2D eigenvalue weighted by molar-refractivity contribution is 6.02. The minimum atomic E-state index is -0.652. The van der Waals surface area contributed by atoms with Crippen LogP contribution in [0, 0.1) is 11.8 Å². The Morgan fingerprint density at radius 3 is 2.80 bits per heavy atom. The molecule has 0 spiro atoms. The minimum Gasteiger partial charge on any atom is -0.467 e. The number of hydrogen-bond acceptors (Lipinski definition) is 3. The number of ether oxygens (including phenoxy) is 1. The van der Waals surface area contributed by atoms with Gasteiger partial charge in [0.25, 0.3) is 0 Å². The fraction of sp³-hybridized carbons (Fsp3) is 0.600. The van der Waals surface area contributed by atoms with E-state index in [2.05, 4.69) is 5.32 Å². The van der Waals surface area contributed by atoms with Gasteiger partial charge in [0, 0.05) is 31.3 Å². The first-order chi connectivity index (χ1) is 12.1. The Balaban J connectivity index is 1.83. The predicted molar refractivity (Wildman–Crippen MR) is 94.1 cm³/mol. The quantitative estimate of drug-likeness (QED) is 0.859. The molecule has 0 unspecified atom stereocenters. The number of carbonyl (C=O) groups excluding carboxylic acids is 2. The summed E-state index contributed by atoms with van der Waals surface area (Å²) in [5.74, 6) is 0.0209. The van der Waals surface area contributed by atoms with Crippen LogP contribution in [0.1, 0.15) is 51.0 Å². The molecule has 134 valence electrons. The molecular formula is C20H26N2O3. The lowest BCUT2D eigenvalue weighted by atomic mass is 9.62. The van der Waals surface area contributed by atoms with E-state index in [1.165, 1.54) is 0 Å². The summed E-state index contributed by atoms with van der Waals surface area (Å²) < 4.78 is 6.35. The zero-order chi connectivity index (χ0) is 17.6. The molecule has 4 rings (SSSR count). The van der Waals surface area contributed by atoms with Crippen LogP contribution >= 0.6 is 0 Å². The van der Waals surface area contributed by atoms with Crippen LogP contribution in [-0.4, -0.2) is 35.5 Å². The molecule has 1 aromatic carbocycles. The maximum atomic E-state index is 13.2. The van der Waals surface area contributed by atoms with Gasteiger partial charge in [0.05, 0.1) is 0 Å². The first-order valence-electron chi connectivity index (χ1n) is 9.50. The molecule has 2 fully saturated rings. The molecule has 25 heavy (non-hydrogen) atoms. The molecule has 5 heteroatoms. The zero-order valence-electron chi connectivity index (χ0n) is 15.0. The van der Waals surface area contributed by atoms with Gasteiger partial charge in [-0.2, -0.15) is 0 Å². The summed E-state index contributed by atoms with van der Waals surface area (Å²) in [6.07, 6.45) is 3.97. The van der Waals surface area contributed by atoms with Crippen LogP contribution in [-0.2, 0) is 9.59 Å². The molecule has 1 saturated heterocycles. The lowest BCUT2D eigenvalue weighted by Crippen LogP contribution is -2.70. The van der Waals surface area contributed by atoms with Crippen molar-refractivity contribution < 1.29 is 14.3 Å². The molecule has 2 aliphatic heterocycles. The summed E-state index contributed by atoms with van der Waals surface area (Å²) >= 11 is 0. The van der Waals surface area contributed by atoms with Gasteiger partial charge in [-0.05, 0) is 38.3 Å². The van der Waals surface area contributed by atoms with Crippen molar-refractivity contribution in [3.8, 4) is 5.75 Å². The van der Waals surface area contributed by atoms with Gasteiger partial charge >= 0.3 is 0 Å². The summed E-state index contributed by atoms with van der Waals surface area (Å²) in [5.41, 5.74) is 0.388. The number of nitrogens with one attached hydrogen (secondary N) is 1. The molecule has 4 atom stereocenters. The molecule has 2 heterocycles. The molecule has 1 saturated carbocycles. The Morgan fingerprint density at radius 1 is 1.28 bits per heavy atom. The van der Waals surface area contributed by atoms with Crippen molar-refractivity contribution in [3.05, 3.63) is 29.8 Å². The third-order valence-corrected chi connectivity index (χ3v) is 6.23. The fourth-order valence-electron chi connectivity index (χ4n) is 5.07. The van der Waals surface area contributed by atoms with Crippen molar-refractivity contribution in [1.29, 1.82) is 0 Å². The summed E-state index contributed by atoms with van der Waals surface area (Å²) in [7, 11) is 0. The lowest BCUT2D eigenvalue weighted by molar-refractivity contribution is -0.165. The molecule has 1 N–H and O–H groups in total. The molecule has 3 aliphatic rings. The number of amides is 2. The maximum Gasteiger partial charge on any atom is 0.236 e. The van der Waals surface area contributed by atoms with E-state index in [-0.39, 0.29) is 23.7 Å². The zero-order valence-corrected chi connectivity index (χ0v) is 15.0. The van der Waals surface area contributed by atoms with Crippen LogP contribution in [0.4, 0.5) is 0 Å². The average molecular weight is 342 g/mol. The second-order valence-corrected chi connectivity index (χ2v) is 7.38. The highest BCUT2D eigenvalue weighted by Crippen LogP contribution is 2.55. The van der Waals surface area contributed by atoms with Gasteiger partial charge in [0.15, 0.2) is 5.72 Å². The number of benzene rings is 1. The van der Waals surface area contributed by atoms with E-state index >= 15 is 0 Å². The van der Waals surface area contributed by atoms with Crippen molar-refractivity contribution in [1.82, 2.24) is 10.2 Å². The van der Waals surface area contributed by atoms with Crippen LogP contribution in [0.25, 0.3) is 0 Å². The third kappa shape index (κ3) is 2.35. The summed E-state index contributed by atoms with van der Waals surface area (Å²) in [4.78, 5) is 28.0. The van der Waals surface area contributed by atoms with Crippen molar-refractivity contribution in [2.24, 2.45) is 11.8 Å². The topological polar surface area (TPSA) is 58.6 Å². The lowest BCUT2D eigenvalue weighted by Gasteiger charge is -2.56. The minimum absolute atomic E-state index is 0.0524. The van der Waals surface area contributed by atoms with E-state index in [4.69, 9.17) is 4.74 Å². The van der Waals surface area contributed by atoms with Gasteiger partial charge in [-0.15, -0.1) is 0 Å². The monoisotopic (exact) mass is 342 g/mol. The number of nitrogens with zero attached hydrogens (tertiary/aromatic N) is 1. The van der Waals surface area contributed by atoms with Crippen molar-refractivity contribution in [2.75, 3.05) is 13.1 Å². The van der Waals surface area contributed by atoms with E-state index in [9.17, 15) is 9.59 Å². The highest BCUT2D eigenvalue weighted by atomic mass is 16.5. The normalized spacial score (nSPS) is 32.7. The Hall–Kier alpha value is -2.04. The van der Waals surface area contributed by atoms with E-state index in [0.29, 0.717) is 13.1 Å². The first kappa shape index (κ1) is 16.4. The van der Waals surface area contributed by atoms with Gasteiger partial charge in [0.2, 0.25) is 11.8 Å². The summed E-state index contributed by atoms with van der Waals surface area (Å²) in [5, 5.41) is 3.13. The first-order valence-corrected chi connectivity index (χ1v) is 9.50. The van der Waals surface area contributed by atoms with Crippen molar-refractivity contribution >= 4 is 11.8 Å². The van der Waals surface area contributed by atoms with Gasteiger partial charge in [-0.25, -0.2) is 0 Å². The van der Waals surface area contributed by atoms with Crippen molar-refractivity contribution in [3.63, 3.8) is 0 Å². The van der Waals surface area contributed by atoms with Crippen LogP contribution in [0.15, 0.2) is 24.3 Å².